The van der Waals surface area contributed by atoms with Gasteiger partial charge in [-0.1, -0.05) is 138 Å². The number of phosphoric ester groups is 2. The Morgan fingerprint density at radius 1 is 0.576 bits per heavy atom. The van der Waals surface area contributed by atoms with Crippen molar-refractivity contribution >= 4 is 27.6 Å². The highest BCUT2D eigenvalue weighted by molar-refractivity contribution is 7.47. The van der Waals surface area contributed by atoms with Crippen molar-refractivity contribution in [2.45, 2.75) is 198 Å². The predicted molar refractivity (Wildman–Crippen MR) is 252 cm³/mol. The normalized spacial score (nSPS) is 22.6. The fraction of sp³-hybridized carbons (Fsp3) is 0.702. The number of carbonyl (C=O) groups excluding carboxylic acids is 2. The summed E-state index contributed by atoms with van der Waals surface area (Å²) in [5.74, 6) is -1.31. The molecule has 19 heteroatoms. The molecule has 0 spiro atoms. The van der Waals surface area contributed by atoms with Gasteiger partial charge in [-0.25, -0.2) is 9.13 Å². The zero-order valence-corrected chi connectivity index (χ0v) is 40.7. The lowest BCUT2D eigenvalue weighted by molar-refractivity contribution is -0.216. The minimum absolute atomic E-state index is 0.0560. The molecule has 9 atom stereocenters. The van der Waals surface area contributed by atoms with Crippen LogP contribution in [0.25, 0.3) is 0 Å². The molecule has 380 valence electrons. The molecule has 17 nitrogen and oxygen atoms in total. The Morgan fingerprint density at radius 3 is 1.74 bits per heavy atom. The van der Waals surface area contributed by atoms with Gasteiger partial charge in [0.25, 0.3) is 0 Å². The predicted octanol–water partition coefficient (Wildman–Crippen LogP) is 7.81. The first-order valence-electron chi connectivity index (χ1n) is 23.6. The summed E-state index contributed by atoms with van der Waals surface area (Å²) >= 11 is 0. The zero-order valence-electron chi connectivity index (χ0n) is 39.0. The summed E-state index contributed by atoms with van der Waals surface area (Å²) in [5, 5.41) is 51.0. The average Bonchev–Trinajstić information content (AvgIpc) is 3.27. The highest BCUT2D eigenvalue weighted by Crippen LogP contribution is 2.49. The van der Waals surface area contributed by atoms with Crippen molar-refractivity contribution in [3.63, 3.8) is 0 Å². The molecule has 6 unspecified atom stereocenters. The summed E-state index contributed by atoms with van der Waals surface area (Å²) in [4.78, 5) is 54.2. The number of esters is 2. The number of allylic oxidation sites excluding steroid dienone is 10. The van der Waals surface area contributed by atoms with E-state index in [4.69, 9.17) is 18.5 Å². The van der Waals surface area contributed by atoms with E-state index in [1.54, 1.807) is 6.08 Å². The van der Waals surface area contributed by atoms with Crippen molar-refractivity contribution in [2.24, 2.45) is 0 Å². The minimum Gasteiger partial charge on any atom is -0.462 e. The highest BCUT2D eigenvalue weighted by Gasteiger charge is 2.54. The molecule has 66 heavy (non-hydrogen) atoms. The zero-order chi connectivity index (χ0) is 49.1. The second-order valence-corrected chi connectivity index (χ2v) is 18.9. The van der Waals surface area contributed by atoms with Crippen LogP contribution in [0.2, 0.25) is 0 Å². The molecule has 0 saturated heterocycles. The number of rotatable bonds is 38. The van der Waals surface area contributed by atoms with Crippen LogP contribution >= 0.6 is 15.6 Å². The van der Waals surface area contributed by atoms with Gasteiger partial charge in [-0.05, 0) is 70.6 Å². The van der Waals surface area contributed by atoms with Gasteiger partial charge in [-0.3, -0.25) is 23.2 Å². The van der Waals surface area contributed by atoms with Gasteiger partial charge in [0.05, 0.1) is 12.7 Å². The fourth-order valence-corrected chi connectivity index (χ4v) is 8.20. The van der Waals surface area contributed by atoms with Gasteiger partial charge in [-0.2, -0.15) is 0 Å². The first kappa shape index (κ1) is 61.4. The molecule has 0 aromatic rings. The minimum atomic E-state index is -5.38. The molecule has 0 radical (unpaired) electrons. The Bertz CT molecular complexity index is 1570. The molecular weight excluding hydrogens is 898 g/mol. The SMILES string of the molecule is CC/C=C\C(O)C/C=C/C=C\C/C=C\C/C=C\CCCC(=O)O[C@H](COC(=O)CCCCCCCCC/C=C\CCCCCC)COP(=O)(O)O[C@H]1C(O)C(O)C(O)[C@@H](OP(=O)(O)O)C1O. The van der Waals surface area contributed by atoms with Gasteiger partial charge in [0.2, 0.25) is 0 Å². The lowest BCUT2D eigenvalue weighted by atomic mass is 9.85. The third-order valence-corrected chi connectivity index (χ3v) is 11.8. The van der Waals surface area contributed by atoms with E-state index in [-0.39, 0.29) is 12.8 Å². The van der Waals surface area contributed by atoms with Crippen molar-refractivity contribution in [1.82, 2.24) is 0 Å². The molecule has 8 N–H and O–H groups in total. The molecule has 0 bridgehead atoms. The third kappa shape index (κ3) is 31.4. The summed E-state index contributed by atoms with van der Waals surface area (Å²) in [6, 6.07) is 0. The second kappa shape index (κ2) is 37.3. The largest absolute Gasteiger partial charge is 0.472 e. The molecule has 1 aliphatic rings. The van der Waals surface area contributed by atoms with E-state index in [2.05, 4.69) is 23.6 Å². The maximum Gasteiger partial charge on any atom is 0.472 e. The number of hydrogen-bond donors (Lipinski definition) is 8. The van der Waals surface area contributed by atoms with Gasteiger partial charge < -0.3 is 49.7 Å². The third-order valence-electron chi connectivity index (χ3n) is 10.3. The van der Waals surface area contributed by atoms with E-state index in [9.17, 15) is 58.9 Å². The standard InChI is InChI=1S/C47H80O17P2/c1-3-5-7-8-9-10-11-12-13-14-18-21-24-27-30-34-40(49)60-36-39(37-61-66(58,59)64-47-44(53)42(51)43(52)46(45(47)54)63-65(55,56)57)62-41(50)35-31-28-25-22-19-16-15-17-20-23-26-29-33-38(48)32-6-4-2/h6,10-11,15-16,20,22-23,25-26,29,32,38-39,42-48,51-54H,3-5,7-9,12-14,17-19,21,24,27-28,30-31,33-37H2,1-2H3,(H,58,59)(H2,55,56,57)/b11-10-,16-15-,23-20-,25-22-,29-26+,32-6-/t38?,39-,42?,43?,44?,45?,46-,47+/m1/s1. The smallest absolute Gasteiger partial charge is 0.462 e. The van der Waals surface area contributed by atoms with E-state index in [1.165, 1.54) is 25.7 Å². The van der Waals surface area contributed by atoms with Crippen LogP contribution in [0.5, 0.6) is 0 Å². The van der Waals surface area contributed by atoms with Crippen LogP contribution in [0.15, 0.2) is 72.9 Å². The molecule has 0 aromatic heterocycles. The molecule has 1 fully saturated rings. The summed E-state index contributed by atoms with van der Waals surface area (Å²) in [5.41, 5.74) is 0. The van der Waals surface area contributed by atoms with Crippen molar-refractivity contribution in [3.8, 4) is 0 Å². The van der Waals surface area contributed by atoms with Gasteiger partial charge in [0.15, 0.2) is 6.10 Å². The molecule has 0 aliphatic heterocycles. The number of hydrogen-bond acceptors (Lipinski definition) is 14. The van der Waals surface area contributed by atoms with E-state index in [0.29, 0.717) is 32.1 Å². The second-order valence-electron chi connectivity index (χ2n) is 16.3. The van der Waals surface area contributed by atoms with Crippen LogP contribution in [0, 0.1) is 0 Å². The van der Waals surface area contributed by atoms with Crippen molar-refractivity contribution in [1.29, 1.82) is 0 Å². The molecular formula is C47H80O17P2. The molecule has 0 amide bonds. The lowest BCUT2D eigenvalue weighted by Crippen LogP contribution is -2.64. The van der Waals surface area contributed by atoms with E-state index >= 15 is 0 Å². The Hall–Kier alpha value is -2.60. The average molecular weight is 979 g/mol. The van der Waals surface area contributed by atoms with Gasteiger partial charge >= 0.3 is 27.6 Å². The van der Waals surface area contributed by atoms with Crippen LogP contribution in [0.4, 0.5) is 0 Å². The number of ether oxygens (including phenoxy) is 2. The Kier molecular flexibility index (Phi) is 34.7. The molecule has 0 aromatic carbocycles. The van der Waals surface area contributed by atoms with Crippen molar-refractivity contribution in [3.05, 3.63) is 72.9 Å². The van der Waals surface area contributed by atoms with Crippen LogP contribution in [-0.2, 0) is 41.8 Å². The van der Waals surface area contributed by atoms with Crippen LogP contribution < -0.4 is 0 Å². The first-order valence-corrected chi connectivity index (χ1v) is 26.6. The molecule has 1 saturated carbocycles. The number of aliphatic hydroxyl groups excluding tert-OH is 5. The van der Waals surface area contributed by atoms with Crippen molar-refractivity contribution < 1.29 is 82.0 Å². The lowest BCUT2D eigenvalue weighted by Gasteiger charge is -2.43. The Balaban J connectivity index is 2.66. The summed E-state index contributed by atoms with van der Waals surface area (Å²) in [6.45, 7) is 2.80. The van der Waals surface area contributed by atoms with E-state index < -0.39 is 89.6 Å². The number of carbonyl (C=O) groups is 2. The monoisotopic (exact) mass is 978 g/mol. The quantitative estimate of drug-likeness (QED) is 0.00963. The molecule has 0 heterocycles. The van der Waals surface area contributed by atoms with E-state index in [1.807, 2.05) is 61.6 Å². The number of aliphatic hydroxyl groups is 5. The van der Waals surface area contributed by atoms with Gasteiger partial charge in [-0.15, -0.1) is 0 Å². The van der Waals surface area contributed by atoms with Crippen LogP contribution in [-0.4, -0.2) is 114 Å². The van der Waals surface area contributed by atoms with Crippen LogP contribution in [0.3, 0.4) is 0 Å². The number of phosphoric acid groups is 2. The van der Waals surface area contributed by atoms with E-state index in [0.717, 1.165) is 64.2 Å². The fourth-order valence-electron chi connectivity index (χ4n) is 6.66. The van der Waals surface area contributed by atoms with Crippen molar-refractivity contribution in [2.75, 3.05) is 13.2 Å². The van der Waals surface area contributed by atoms with Gasteiger partial charge in [0, 0.05) is 12.8 Å². The van der Waals surface area contributed by atoms with Crippen LogP contribution in [0.1, 0.15) is 149 Å². The topological polar surface area (TPSA) is 276 Å². The summed E-state index contributed by atoms with van der Waals surface area (Å²) in [6.07, 6.45) is 26.3. The van der Waals surface area contributed by atoms with Gasteiger partial charge in [0.1, 0.15) is 43.2 Å². The molecule has 1 aliphatic carbocycles. The first-order chi connectivity index (χ1) is 31.5. The number of unbranched alkanes of at least 4 members (excludes halogenated alkanes) is 12. The summed E-state index contributed by atoms with van der Waals surface area (Å²) < 4.78 is 49.3. The summed E-state index contributed by atoms with van der Waals surface area (Å²) in [7, 11) is -10.7. The molecule has 1 rings (SSSR count). The maximum absolute atomic E-state index is 13.0. The Morgan fingerprint density at radius 2 is 1.11 bits per heavy atom. The maximum atomic E-state index is 13.0. The highest BCUT2D eigenvalue weighted by atomic mass is 31.2. The Labute approximate surface area is 392 Å².